The molecule has 24 heavy (non-hydrogen) atoms. The number of benzene rings is 2. The standard InChI is InChI=1S/C18H20BrN3O2/c1-12-9-14(19)7-8-16(12)20-11-17(23)21-15-6-4-5-13(10-15)18(24)22(2)3/h4-10,20H,11H2,1-3H3,(H,21,23). The van der Waals surface area contributed by atoms with E-state index in [1.54, 1.807) is 38.4 Å². The van der Waals surface area contributed by atoms with Gasteiger partial charge in [0.05, 0.1) is 6.54 Å². The van der Waals surface area contributed by atoms with Gasteiger partial charge in [0, 0.05) is 35.5 Å². The molecular weight excluding hydrogens is 370 g/mol. The third-order valence-corrected chi connectivity index (χ3v) is 3.92. The van der Waals surface area contributed by atoms with Crippen molar-refractivity contribution in [1.82, 2.24) is 4.90 Å². The Labute approximate surface area is 150 Å². The zero-order valence-electron chi connectivity index (χ0n) is 13.9. The first kappa shape index (κ1) is 18.0. The van der Waals surface area contributed by atoms with Gasteiger partial charge in [0.25, 0.3) is 5.91 Å². The van der Waals surface area contributed by atoms with E-state index >= 15 is 0 Å². The molecule has 0 fully saturated rings. The Balaban J connectivity index is 1.97. The van der Waals surface area contributed by atoms with Gasteiger partial charge in [-0.2, -0.15) is 0 Å². The summed E-state index contributed by atoms with van der Waals surface area (Å²) in [4.78, 5) is 25.6. The topological polar surface area (TPSA) is 61.4 Å². The van der Waals surface area contributed by atoms with Crippen molar-refractivity contribution in [3.8, 4) is 0 Å². The Bertz CT molecular complexity index is 760. The van der Waals surface area contributed by atoms with E-state index in [9.17, 15) is 9.59 Å². The first-order chi connectivity index (χ1) is 11.4. The number of amides is 2. The van der Waals surface area contributed by atoms with Crippen LogP contribution in [0.4, 0.5) is 11.4 Å². The zero-order valence-corrected chi connectivity index (χ0v) is 15.5. The lowest BCUT2D eigenvalue weighted by Crippen LogP contribution is -2.23. The lowest BCUT2D eigenvalue weighted by molar-refractivity contribution is -0.114. The lowest BCUT2D eigenvalue weighted by atomic mass is 10.2. The van der Waals surface area contributed by atoms with E-state index in [-0.39, 0.29) is 18.4 Å². The third-order valence-electron chi connectivity index (χ3n) is 3.43. The summed E-state index contributed by atoms with van der Waals surface area (Å²) < 4.78 is 0.998. The minimum absolute atomic E-state index is 0.102. The van der Waals surface area contributed by atoms with Crippen LogP contribution in [0.5, 0.6) is 0 Å². The number of hydrogen-bond donors (Lipinski definition) is 2. The molecule has 0 heterocycles. The number of halogens is 1. The first-order valence-corrected chi connectivity index (χ1v) is 8.27. The van der Waals surface area contributed by atoms with Gasteiger partial charge in [-0.1, -0.05) is 22.0 Å². The molecule has 0 saturated heterocycles. The zero-order chi connectivity index (χ0) is 17.7. The molecule has 0 aliphatic heterocycles. The Hall–Kier alpha value is -2.34. The van der Waals surface area contributed by atoms with Gasteiger partial charge >= 0.3 is 0 Å². The average Bonchev–Trinajstić information content (AvgIpc) is 2.53. The number of rotatable bonds is 5. The molecule has 2 amide bonds. The van der Waals surface area contributed by atoms with E-state index in [1.165, 1.54) is 4.90 Å². The number of aryl methyl sites for hydroxylation is 1. The maximum absolute atomic E-state index is 12.1. The number of carbonyl (C=O) groups is 2. The Morgan fingerprint density at radius 2 is 1.88 bits per heavy atom. The number of hydrogen-bond acceptors (Lipinski definition) is 3. The molecule has 2 N–H and O–H groups in total. The summed E-state index contributed by atoms with van der Waals surface area (Å²) in [5.74, 6) is -0.276. The van der Waals surface area contributed by atoms with Crippen molar-refractivity contribution in [1.29, 1.82) is 0 Å². The van der Waals surface area contributed by atoms with E-state index in [4.69, 9.17) is 0 Å². The molecule has 0 aliphatic rings. The van der Waals surface area contributed by atoms with Crippen LogP contribution in [0, 0.1) is 6.92 Å². The highest BCUT2D eigenvalue weighted by Crippen LogP contribution is 2.20. The molecule has 0 atom stereocenters. The quantitative estimate of drug-likeness (QED) is 0.822. The molecule has 0 unspecified atom stereocenters. The van der Waals surface area contributed by atoms with Crippen LogP contribution in [0.15, 0.2) is 46.9 Å². The maximum atomic E-state index is 12.1. The Morgan fingerprint density at radius 3 is 2.54 bits per heavy atom. The van der Waals surface area contributed by atoms with Gasteiger partial charge in [-0.3, -0.25) is 9.59 Å². The van der Waals surface area contributed by atoms with Crippen molar-refractivity contribution in [2.75, 3.05) is 31.3 Å². The van der Waals surface area contributed by atoms with Crippen LogP contribution in [0.1, 0.15) is 15.9 Å². The largest absolute Gasteiger partial charge is 0.376 e. The molecule has 0 aromatic heterocycles. The van der Waals surface area contributed by atoms with Crippen LogP contribution in [-0.4, -0.2) is 37.4 Å². The molecule has 2 aromatic carbocycles. The van der Waals surface area contributed by atoms with E-state index in [0.717, 1.165) is 15.7 Å². The van der Waals surface area contributed by atoms with Gasteiger partial charge in [0.1, 0.15) is 0 Å². The molecule has 0 aliphatic carbocycles. The minimum atomic E-state index is -0.174. The second kappa shape index (κ2) is 7.97. The smallest absolute Gasteiger partial charge is 0.253 e. The number of nitrogens with zero attached hydrogens (tertiary/aromatic N) is 1. The SMILES string of the molecule is Cc1cc(Br)ccc1NCC(=O)Nc1cccc(C(=O)N(C)C)c1. The molecular formula is C18H20BrN3O2. The van der Waals surface area contributed by atoms with Crippen molar-refractivity contribution >= 4 is 39.1 Å². The maximum Gasteiger partial charge on any atom is 0.253 e. The fraction of sp³-hybridized carbons (Fsp3) is 0.222. The molecule has 0 radical (unpaired) electrons. The van der Waals surface area contributed by atoms with Gasteiger partial charge in [-0.15, -0.1) is 0 Å². The van der Waals surface area contributed by atoms with Crippen molar-refractivity contribution in [2.24, 2.45) is 0 Å². The Kier molecular flexibility index (Phi) is 5.98. The van der Waals surface area contributed by atoms with Gasteiger partial charge in [0.2, 0.25) is 5.91 Å². The summed E-state index contributed by atoms with van der Waals surface area (Å²) in [6.45, 7) is 2.12. The number of anilines is 2. The molecule has 0 bridgehead atoms. The van der Waals surface area contributed by atoms with Crippen molar-refractivity contribution < 1.29 is 9.59 Å². The van der Waals surface area contributed by atoms with Gasteiger partial charge in [-0.05, 0) is 48.9 Å². The van der Waals surface area contributed by atoms with Crippen LogP contribution in [0.25, 0.3) is 0 Å². The second-order valence-electron chi connectivity index (χ2n) is 5.64. The minimum Gasteiger partial charge on any atom is -0.376 e. The Morgan fingerprint density at radius 1 is 1.12 bits per heavy atom. The van der Waals surface area contributed by atoms with Crippen LogP contribution in [-0.2, 0) is 4.79 Å². The van der Waals surface area contributed by atoms with Crippen LogP contribution < -0.4 is 10.6 Å². The average molecular weight is 390 g/mol. The van der Waals surface area contributed by atoms with Crippen molar-refractivity contribution in [2.45, 2.75) is 6.92 Å². The highest BCUT2D eigenvalue weighted by atomic mass is 79.9. The monoisotopic (exact) mass is 389 g/mol. The molecule has 6 heteroatoms. The fourth-order valence-electron chi connectivity index (χ4n) is 2.19. The van der Waals surface area contributed by atoms with Crippen LogP contribution in [0.3, 0.4) is 0 Å². The van der Waals surface area contributed by atoms with Crippen LogP contribution in [0.2, 0.25) is 0 Å². The highest BCUT2D eigenvalue weighted by molar-refractivity contribution is 9.10. The molecule has 2 rings (SSSR count). The predicted molar refractivity (Wildman–Crippen MR) is 100 cm³/mol. The fourth-order valence-corrected chi connectivity index (χ4v) is 2.67. The van der Waals surface area contributed by atoms with E-state index < -0.39 is 0 Å². The summed E-state index contributed by atoms with van der Waals surface area (Å²) in [6, 6.07) is 12.7. The summed E-state index contributed by atoms with van der Waals surface area (Å²) in [5, 5.41) is 5.90. The predicted octanol–water partition coefficient (Wildman–Crippen LogP) is 3.51. The van der Waals surface area contributed by atoms with E-state index in [0.29, 0.717) is 11.3 Å². The first-order valence-electron chi connectivity index (χ1n) is 7.48. The summed E-state index contributed by atoms with van der Waals surface area (Å²) in [5.41, 5.74) is 3.09. The van der Waals surface area contributed by atoms with E-state index in [1.807, 2.05) is 25.1 Å². The molecule has 2 aromatic rings. The highest BCUT2D eigenvalue weighted by Gasteiger charge is 2.09. The third kappa shape index (κ3) is 4.83. The second-order valence-corrected chi connectivity index (χ2v) is 6.56. The van der Waals surface area contributed by atoms with Gasteiger partial charge in [0.15, 0.2) is 0 Å². The molecule has 0 spiro atoms. The molecule has 5 nitrogen and oxygen atoms in total. The number of carbonyl (C=O) groups excluding carboxylic acids is 2. The summed E-state index contributed by atoms with van der Waals surface area (Å²) in [7, 11) is 3.39. The van der Waals surface area contributed by atoms with Crippen molar-refractivity contribution in [3.05, 3.63) is 58.1 Å². The normalized spacial score (nSPS) is 10.2. The van der Waals surface area contributed by atoms with E-state index in [2.05, 4.69) is 26.6 Å². The molecule has 126 valence electrons. The molecule has 0 saturated carbocycles. The van der Waals surface area contributed by atoms with Gasteiger partial charge < -0.3 is 15.5 Å². The lowest BCUT2D eigenvalue weighted by Gasteiger charge is -2.12. The summed E-state index contributed by atoms with van der Waals surface area (Å²) in [6.07, 6.45) is 0. The van der Waals surface area contributed by atoms with Gasteiger partial charge in [-0.25, -0.2) is 0 Å². The van der Waals surface area contributed by atoms with Crippen LogP contribution >= 0.6 is 15.9 Å². The van der Waals surface area contributed by atoms with Crippen molar-refractivity contribution in [3.63, 3.8) is 0 Å². The summed E-state index contributed by atoms with van der Waals surface area (Å²) >= 11 is 3.41. The number of nitrogens with one attached hydrogen (secondary N) is 2.